The number of rotatable bonds is 8. The van der Waals surface area contributed by atoms with E-state index in [0.717, 1.165) is 29.3 Å². The maximum Gasteiger partial charge on any atom is 0.296 e. The van der Waals surface area contributed by atoms with Crippen molar-refractivity contribution in [3.8, 4) is 0 Å². The van der Waals surface area contributed by atoms with E-state index < -0.39 is 10.1 Å². The summed E-state index contributed by atoms with van der Waals surface area (Å²) in [6.45, 7) is 2.20. The van der Waals surface area contributed by atoms with Gasteiger partial charge in [-0.2, -0.15) is 8.42 Å². The molecule has 0 aliphatic carbocycles. The summed E-state index contributed by atoms with van der Waals surface area (Å²) < 4.78 is 29.8. The minimum absolute atomic E-state index is 0.236. The molecule has 0 bridgehead atoms. The lowest BCUT2D eigenvalue weighted by Gasteiger charge is -2.05. The Bertz CT molecular complexity index is 440. The van der Waals surface area contributed by atoms with Gasteiger partial charge in [-0.25, -0.2) is 0 Å². The predicted molar refractivity (Wildman–Crippen MR) is 81.7 cm³/mol. The van der Waals surface area contributed by atoms with Gasteiger partial charge in [-0.1, -0.05) is 53.1 Å². The van der Waals surface area contributed by atoms with Crippen molar-refractivity contribution in [1.82, 2.24) is 0 Å². The molecule has 0 heterocycles. The standard InChI is InChI=1S/C13H19IO3S/c1-12-6-8-13(9-7-12)18(15,16)17-11-5-3-2-4-10-14/h6-9H,2-5,10-11H2,1H3. The molecule has 1 rings (SSSR count). The van der Waals surface area contributed by atoms with Crippen LogP contribution in [-0.2, 0) is 14.3 Å². The van der Waals surface area contributed by atoms with Crippen LogP contribution < -0.4 is 0 Å². The first-order valence-corrected chi connectivity index (χ1v) is 9.02. The molecular formula is C13H19IO3S. The van der Waals surface area contributed by atoms with Crippen molar-refractivity contribution in [1.29, 1.82) is 0 Å². The van der Waals surface area contributed by atoms with Crippen LogP contribution in [0.4, 0.5) is 0 Å². The quantitative estimate of drug-likeness (QED) is 0.298. The molecule has 0 atom stereocenters. The van der Waals surface area contributed by atoms with Gasteiger partial charge in [0.15, 0.2) is 0 Å². The number of unbranched alkanes of at least 4 members (excludes halogenated alkanes) is 3. The summed E-state index contributed by atoms with van der Waals surface area (Å²) >= 11 is 2.34. The van der Waals surface area contributed by atoms with E-state index in [1.807, 2.05) is 6.92 Å². The van der Waals surface area contributed by atoms with Crippen LogP contribution in [0.15, 0.2) is 29.2 Å². The Morgan fingerprint density at radius 2 is 1.67 bits per heavy atom. The molecule has 0 unspecified atom stereocenters. The second-order valence-electron chi connectivity index (χ2n) is 4.19. The third-order valence-corrected chi connectivity index (χ3v) is 4.67. The summed E-state index contributed by atoms with van der Waals surface area (Å²) in [5.41, 5.74) is 1.03. The molecule has 0 fully saturated rings. The zero-order valence-electron chi connectivity index (χ0n) is 10.6. The van der Waals surface area contributed by atoms with Crippen molar-refractivity contribution in [3.05, 3.63) is 29.8 Å². The van der Waals surface area contributed by atoms with Gasteiger partial charge in [0.25, 0.3) is 10.1 Å². The van der Waals surface area contributed by atoms with Gasteiger partial charge in [-0.15, -0.1) is 0 Å². The zero-order valence-corrected chi connectivity index (χ0v) is 13.5. The summed E-state index contributed by atoms with van der Waals surface area (Å²) in [4.78, 5) is 0.236. The van der Waals surface area contributed by atoms with Gasteiger partial charge in [-0.05, 0) is 36.3 Å². The Morgan fingerprint density at radius 1 is 1.06 bits per heavy atom. The van der Waals surface area contributed by atoms with Crippen LogP contribution in [0.5, 0.6) is 0 Å². The van der Waals surface area contributed by atoms with Gasteiger partial charge >= 0.3 is 0 Å². The Morgan fingerprint density at radius 3 is 2.28 bits per heavy atom. The minimum Gasteiger partial charge on any atom is -0.266 e. The lowest BCUT2D eigenvalue weighted by molar-refractivity contribution is 0.307. The van der Waals surface area contributed by atoms with E-state index in [9.17, 15) is 8.42 Å². The lowest BCUT2D eigenvalue weighted by Crippen LogP contribution is -2.07. The van der Waals surface area contributed by atoms with Crippen molar-refractivity contribution in [2.24, 2.45) is 0 Å². The predicted octanol–water partition coefficient (Wildman–Crippen LogP) is 3.70. The van der Waals surface area contributed by atoms with Gasteiger partial charge in [0, 0.05) is 0 Å². The van der Waals surface area contributed by atoms with Crippen molar-refractivity contribution in [3.63, 3.8) is 0 Å². The second-order valence-corrected chi connectivity index (χ2v) is 6.89. The molecule has 0 N–H and O–H groups in total. The van der Waals surface area contributed by atoms with Crippen LogP contribution in [0.25, 0.3) is 0 Å². The number of hydrogen-bond acceptors (Lipinski definition) is 3. The van der Waals surface area contributed by atoms with E-state index in [0.29, 0.717) is 0 Å². The van der Waals surface area contributed by atoms with Crippen LogP contribution in [0.3, 0.4) is 0 Å². The third kappa shape index (κ3) is 5.67. The highest BCUT2D eigenvalue weighted by Crippen LogP contribution is 2.14. The molecule has 0 aliphatic heterocycles. The normalized spacial score (nSPS) is 11.7. The van der Waals surface area contributed by atoms with Crippen LogP contribution in [-0.4, -0.2) is 19.5 Å². The molecule has 0 spiro atoms. The highest BCUT2D eigenvalue weighted by Gasteiger charge is 2.13. The molecule has 102 valence electrons. The molecule has 1 aromatic carbocycles. The third-order valence-electron chi connectivity index (χ3n) is 2.58. The smallest absolute Gasteiger partial charge is 0.266 e. The van der Waals surface area contributed by atoms with Crippen LogP contribution >= 0.6 is 22.6 Å². The SMILES string of the molecule is Cc1ccc(S(=O)(=O)OCCCCCCI)cc1. The Kier molecular flexibility index (Phi) is 7.18. The fourth-order valence-electron chi connectivity index (χ4n) is 1.49. The van der Waals surface area contributed by atoms with E-state index in [1.165, 1.54) is 6.42 Å². The molecule has 3 nitrogen and oxygen atoms in total. The molecule has 0 amide bonds. The van der Waals surface area contributed by atoms with Gasteiger partial charge in [0.2, 0.25) is 0 Å². The summed E-state index contributed by atoms with van der Waals surface area (Å²) in [5.74, 6) is 0. The van der Waals surface area contributed by atoms with Crippen molar-refractivity contribution in [2.45, 2.75) is 37.5 Å². The minimum atomic E-state index is -3.57. The van der Waals surface area contributed by atoms with Crippen LogP contribution in [0.1, 0.15) is 31.2 Å². The average molecular weight is 382 g/mol. The summed E-state index contributed by atoms with van der Waals surface area (Å²) in [6.07, 6.45) is 4.14. The first kappa shape index (κ1) is 15.9. The van der Waals surface area contributed by atoms with E-state index in [1.54, 1.807) is 24.3 Å². The van der Waals surface area contributed by atoms with E-state index >= 15 is 0 Å². The maximum absolute atomic E-state index is 11.8. The monoisotopic (exact) mass is 382 g/mol. The molecule has 0 saturated heterocycles. The zero-order chi connectivity index (χ0) is 13.4. The fraction of sp³-hybridized carbons (Fsp3) is 0.538. The van der Waals surface area contributed by atoms with Gasteiger partial charge < -0.3 is 0 Å². The van der Waals surface area contributed by atoms with Crippen LogP contribution in [0, 0.1) is 6.92 Å². The lowest BCUT2D eigenvalue weighted by atomic mass is 10.2. The Hall–Kier alpha value is -0.140. The largest absolute Gasteiger partial charge is 0.296 e. The molecular weight excluding hydrogens is 363 g/mol. The Balaban J connectivity index is 2.38. The summed E-state index contributed by atoms with van der Waals surface area (Å²) in [6, 6.07) is 6.72. The van der Waals surface area contributed by atoms with E-state index in [4.69, 9.17) is 4.18 Å². The number of aryl methyl sites for hydroxylation is 1. The van der Waals surface area contributed by atoms with E-state index in [2.05, 4.69) is 22.6 Å². The van der Waals surface area contributed by atoms with Crippen molar-refractivity contribution in [2.75, 3.05) is 11.0 Å². The van der Waals surface area contributed by atoms with Crippen molar-refractivity contribution >= 4 is 32.7 Å². The van der Waals surface area contributed by atoms with Crippen molar-refractivity contribution < 1.29 is 12.6 Å². The molecule has 18 heavy (non-hydrogen) atoms. The maximum atomic E-state index is 11.8. The topological polar surface area (TPSA) is 43.4 Å². The van der Waals surface area contributed by atoms with Gasteiger partial charge in [0.05, 0.1) is 11.5 Å². The first-order valence-electron chi connectivity index (χ1n) is 6.08. The molecule has 0 radical (unpaired) electrons. The van der Waals surface area contributed by atoms with Crippen LogP contribution in [0.2, 0.25) is 0 Å². The second kappa shape index (κ2) is 8.12. The number of alkyl halides is 1. The molecule has 1 aromatic rings. The molecule has 0 aromatic heterocycles. The van der Waals surface area contributed by atoms with Gasteiger partial charge in [-0.3, -0.25) is 4.18 Å². The number of halogens is 1. The number of hydrogen-bond donors (Lipinski definition) is 0. The molecule has 0 aliphatic rings. The van der Waals surface area contributed by atoms with Gasteiger partial charge in [0.1, 0.15) is 0 Å². The highest BCUT2D eigenvalue weighted by molar-refractivity contribution is 14.1. The molecule has 5 heteroatoms. The highest BCUT2D eigenvalue weighted by atomic mass is 127. The average Bonchev–Trinajstić information content (AvgIpc) is 2.34. The fourth-order valence-corrected chi connectivity index (χ4v) is 2.97. The number of benzene rings is 1. The molecule has 0 saturated carbocycles. The summed E-state index contributed by atoms with van der Waals surface area (Å²) in [5, 5.41) is 0. The first-order chi connectivity index (χ1) is 8.56. The Labute approximate surface area is 123 Å². The summed E-state index contributed by atoms with van der Waals surface area (Å²) in [7, 11) is -3.57. The van der Waals surface area contributed by atoms with E-state index in [-0.39, 0.29) is 11.5 Å².